The normalized spacial score (nSPS) is 18.1. The molecule has 9 nitrogen and oxygen atoms in total. The van der Waals surface area contributed by atoms with Gasteiger partial charge in [-0.25, -0.2) is 9.79 Å². The van der Waals surface area contributed by atoms with Gasteiger partial charge in [-0.15, -0.1) is 0 Å². The summed E-state index contributed by atoms with van der Waals surface area (Å²) in [5.41, 5.74) is 2.05. The van der Waals surface area contributed by atoms with E-state index in [4.69, 9.17) is 23.7 Å². The molecule has 4 heterocycles. The van der Waals surface area contributed by atoms with Crippen LogP contribution in [-0.4, -0.2) is 37.1 Å². The third kappa shape index (κ3) is 3.74. The van der Waals surface area contributed by atoms with Crippen LogP contribution in [0.3, 0.4) is 0 Å². The molecule has 0 saturated carbocycles. The maximum Gasteiger partial charge on any atom is 0.338 e. The largest absolute Gasteiger partial charge is 0.486 e. The number of rotatable bonds is 4. The minimum Gasteiger partial charge on any atom is -0.486 e. The third-order valence-electron chi connectivity index (χ3n) is 6.09. The summed E-state index contributed by atoms with van der Waals surface area (Å²) >= 11 is 1.26. The van der Waals surface area contributed by atoms with E-state index < -0.39 is 12.0 Å². The summed E-state index contributed by atoms with van der Waals surface area (Å²) in [6, 6.07) is 10.2. The van der Waals surface area contributed by atoms with Gasteiger partial charge in [-0.1, -0.05) is 23.5 Å². The molecular formula is C26H22N2O7S. The predicted molar refractivity (Wildman–Crippen MR) is 130 cm³/mol. The van der Waals surface area contributed by atoms with E-state index in [-0.39, 0.29) is 19.0 Å². The highest BCUT2D eigenvalue weighted by atomic mass is 32.1. The predicted octanol–water partition coefficient (Wildman–Crippen LogP) is 2.30. The van der Waals surface area contributed by atoms with Crippen molar-refractivity contribution in [3.05, 3.63) is 78.5 Å². The number of fused-ring (bicyclic) bond motifs is 3. The van der Waals surface area contributed by atoms with E-state index in [0.29, 0.717) is 62.4 Å². The van der Waals surface area contributed by atoms with Crippen LogP contribution in [0, 0.1) is 0 Å². The lowest BCUT2D eigenvalue weighted by molar-refractivity contribution is -0.139. The van der Waals surface area contributed by atoms with E-state index in [1.807, 2.05) is 24.3 Å². The Hall–Kier alpha value is -4.05. The van der Waals surface area contributed by atoms with E-state index in [2.05, 4.69) is 4.99 Å². The maximum absolute atomic E-state index is 13.8. The number of esters is 1. The first-order valence-electron chi connectivity index (χ1n) is 11.5. The van der Waals surface area contributed by atoms with Gasteiger partial charge in [0, 0.05) is 0 Å². The molecule has 184 valence electrons. The number of allylic oxidation sites excluding steroid dienone is 1. The molecule has 0 amide bonds. The van der Waals surface area contributed by atoms with Gasteiger partial charge in [-0.2, -0.15) is 0 Å². The van der Waals surface area contributed by atoms with Crippen molar-refractivity contribution >= 4 is 23.4 Å². The first-order chi connectivity index (χ1) is 17.5. The van der Waals surface area contributed by atoms with Crippen LogP contribution >= 0.6 is 11.3 Å². The molecular weight excluding hydrogens is 484 g/mol. The summed E-state index contributed by atoms with van der Waals surface area (Å²) < 4.78 is 29.6. The molecule has 0 aliphatic carbocycles. The molecule has 0 saturated heterocycles. The van der Waals surface area contributed by atoms with Gasteiger partial charge in [0.05, 0.1) is 28.5 Å². The van der Waals surface area contributed by atoms with Crippen LogP contribution in [0.15, 0.2) is 57.5 Å². The fraction of sp³-hybridized carbons (Fsp3) is 0.269. The van der Waals surface area contributed by atoms with Crippen LogP contribution < -0.4 is 33.8 Å². The molecule has 0 N–H and O–H groups in total. The molecule has 0 fully saturated rings. The smallest absolute Gasteiger partial charge is 0.338 e. The number of carbonyl (C=O) groups excluding carboxylic acids is 1. The van der Waals surface area contributed by atoms with Crippen LogP contribution in [0.1, 0.15) is 31.0 Å². The lowest BCUT2D eigenvalue weighted by Gasteiger charge is -2.24. The number of aromatic nitrogens is 1. The van der Waals surface area contributed by atoms with E-state index in [1.54, 1.807) is 36.6 Å². The summed E-state index contributed by atoms with van der Waals surface area (Å²) in [5.74, 6) is 1.98. The molecule has 36 heavy (non-hydrogen) atoms. The third-order valence-corrected chi connectivity index (χ3v) is 7.08. The molecule has 0 spiro atoms. The monoisotopic (exact) mass is 506 g/mol. The number of nitrogens with zero attached hydrogens (tertiary/aromatic N) is 2. The zero-order valence-corrected chi connectivity index (χ0v) is 20.4. The Morgan fingerprint density at radius 2 is 1.81 bits per heavy atom. The summed E-state index contributed by atoms with van der Waals surface area (Å²) in [6.45, 7) is 4.81. The molecule has 0 bridgehead atoms. The average molecular weight is 507 g/mol. The van der Waals surface area contributed by atoms with Gasteiger partial charge in [0.2, 0.25) is 6.79 Å². The molecule has 6 rings (SSSR count). The zero-order valence-electron chi connectivity index (χ0n) is 19.6. The lowest BCUT2D eigenvalue weighted by atomic mass is 9.95. The van der Waals surface area contributed by atoms with E-state index in [9.17, 15) is 9.59 Å². The van der Waals surface area contributed by atoms with Gasteiger partial charge in [0.15, 0.2) is 27.8 Å². The summed E-state index contributed by atoms with van der Waals surface area (Å²) in [5, 5.41) is 0. The standard InChI is InChI=1S/C26H22N2O7S/c1-3-31-25(30)22-14(2)27-26-28(23(22)16-5-7-18-20(12-16)35-13-34-18)24(29)21(36-26)11-15-4-6-17-19(10-15)33-9-8-32-17/h4-7,10-12,23H,3,8-9,13H2,1-2H3/t23-/m0/s1. The van der Waals surface area contributed by atoms with Gasteiger partial charge in [0.25, 0.3) is 5.56 Å². The minimum absolute atomic E-state index is 0.122. The second-order valence-corrected chi connectivity index (χ2v) is 9.33. The summed E-state index contributed by atoms with van der Waals surface area (Å²) in [7, 11) is 0. The molecule has 0 radical (unpaired) electrons. The molecule has 2 aromatic carbocycles. The molecule has 0 unspecified atom stereocenters. The van der Waals surface area contributed by atoms with Crippen molar-refractivity contribution in [3.8, 4) is 23.0 Å². The Kier molecular flexibility index (Phi) is 5.52. The van der Waals surface area contributed by atoms with E-state index >= 15 is 0 Å². The van der Waals surface area contributed by atoms with Crippen LogP contribution in [0.2, 0.25) is 0 Å². The lowest BCUT2D eigenvalue weighted by Crippen LogP contribution is -2.39. The Labute approximate surface area is 209 Å². The van der Waals surface area contributed by atoms with E-state index in [1.165, 1.54) is 11.3 Å². The first kappa shape index (κ1) is 22.4. The van der Waals surface area contributed by atoms with Gasteiger partial charge >= 0.3 is 5.97 Å². The Morgan fingerprint density at radius 3 is 2.64 bits per heavy atom. The van der Waals surface area contributed by atoms with Crippen molar-refractivity contribution in [1.82, 2.24) is 4.57 Å². The van der Waals surface area contributed by atoms with Crippen molar-refractivity contribution in [1.29, 1.82) is 0 Å². The number of hydrogen-bond donors (Lipinski definition) is 0. The van der Waals surface area contributed by atoms with Crippen LogP contribution in [0.5, 0.6) is 23.0 Å². The highest BCUT2D eigenvalue weighted by Gasteiger charge is 2.34. The number of thiazole rings is 1. The van der Waals surface area contributed by atoms with Crippen molar-refractivity contribution in [2.75, 3.05) is 26.6 Å². The zero-order chi connectivity index (χ0) is 24.8. The van der Waals surface area contributed by atoms with E-state index in [0.717, 1.165) is 5.56 Å². The van der Waals surface area contributed by atoms with Crippen LogP contribution in [0.4, 0.5) is 0 Å². The van der Waals surface area contributed by atoms with Crippen molar-refractivity contribution < 1.29 is 28.5 Å². The highest BCUT2D eigenvalue weighted by molar-refractivity contribution is 7.07. The minimum atomic E-state index is -0.725. The highest BCUT2D eigenvalue weighted by Crippen LogP contribution is 2.38. The second kappa shape index (κ2) is 8.87. The van der Waals surface area contributed by atoms with Gasteiger partial charge in [0.1, 0.15) is 13.2 Å². The van der Waals surface area contributed by atoms with Crippen molar-refractivity contribution in [3.63, 3.8) is 0 Å². The van der Waals surface area contributed by atoms with Crippen LogP contribution in [0.25, 0.3) is 6.08 Å². The molecule has 1 atom stereocenters. The van der Waals surface area contributed by atoms with Crippen molar-refractivity contribution in [2.45, 2.75) is 19.9 Å². The van der Waals surface area contributed by atoms with Gasteiger partial charge in [-0.3, -0.25) is 9.36 Å². The maximum atomic E-state index is 13.8. The molecule has 10 heteroatoms. The first-order valence-corrected chi connectivity index (χ1v) is 12.3. The number of ether oxygens (including phenoxy) is 5. The fourth-order valence-electron chi connectivity index (χ4n) is 4.49. The quantitative estimate of drug-likeness (QED) is 0.501. The molecule has 1 aromatic heterocycles. The number of carbonyl (C=O) groups is 1. The van der Waals surface area contributed by atoms with Crippen molar-refractivity contribution in [2.24, 2.45) is 4.99 Å². The summed E-state index contributed by atoms with van der Waals surface area (Å²) in [6.07, 6.45) is 1.79. The number of hydrogen-bond acceptors (Lipinski definition) is 9. The van der Waals surface area contributed by atoms with Gasteiger partial charge in [-0.05, 0) is 55.3 Å². The number of benzene rings is 2. The molecule has 3 aromatic rings. The molecule has 3 aliphatic rings. The summed E-state index contributed by atoms with van der Waals surface area (Å²) in [4.78, 5) is 31.9. The Balaban J connectivity index is 1.51. The second-order valence-electron chi connectivity index (χ2n) is 8.32. The average Bonchev–Trinajstić information content (AvgIpc) is 3.47. The fourth-order valence-corrected chi connectivity index (χ4v) is 5.54. The SMILES string of the molecule is CCOC(=O)C1=C(C)N=c2sc(=Cc3ccc4c(c3)OCCO4)c(=O)n2[C@H]1c1ccc2c(c1)OCO2. The van der Waals surface area contributed by atoms with Gasteiger partial charge < -0.3 is 23.7 Å². The topological polar surface area (TPSA) is 97.6 Å². The van der Waals surface area contributed by atoms with Crippen LogP contribution in [-0.2, 0) is 9.53 Å². The Bertz CT molecular complexity index is 1600. The molecule has 3 aliphatic heterocycles. The Morgan fingerprint density at radius 1 is 1.08 bits per heavy atom.